The summed E-state index contributed by atoms with van der Waals surface area (Å²) < 4.78 is 11.7. The highest BCUT2D eigenvalue weighted by molar-refractivity contribution is 4.97. The molecule has 3 atom stereocenters. The molecule has 5 heteroatoms. The first-order chi connectivity index (χ1) is 9.60. The van der Waals surface area contributed by atoms with Crippen LogP contribution in [0.1, 0.15) is 32.1 Å². The van der Waals surface area contributed by atoms with E-state index >= 15 is 0 Å². The molecule has 1 aliphatic carbocycles. The van der Waals surface area contributed by atoms with E-state index in [1.807, 2.05) is 0 Å². The van der Waals surface area contributed by atoms with Gasteiger partial charge in [0.15, 0.2) is 5.79 Å². The van der Waals surface area contributed by atoms with E-state index < -0.39 is 5.79 Å². The third kappa shape index (κ3) is 2.88. The van der Waals surface area contributed by atoms with Gasteiger partial charge in [-0.3, -0.25) is 4.90 Å². The highest BCUT2D eigenvalue weighted by Crippen LogP contribution is 2.39. The van der Waals surface area contributed by atoms with Crippen molar-refractivity contribution in [1.29, 1.82) is 0 Å². The molecule has 2 heterocycles. The van der Waals surface area contributed by atoms with Crippen LogP contribution in [0.25, 0.3) is 0 Å². The zero-order chi connectivity index (χ0) is 14.2. The second kappa shape index (κ2) is 5.89. The number of aliphatic hydroxyl groups excluding tert-OH is 1. The normalized spacial score (nSPS) is 38.1. The van der Waals surface area contributed by atoms with E-state index in [2.05, 4.69) is 23.9 Å². The number of likely N-dealkylation sites (tertiary alicyclic amines) is 1. The maximum absolute atomic E-state index is 10.5. The molecule has 3 rings (SSSR count). The summed E-state index contributed by atoms with van der Waals surface area (Å²) in [6.45, 7) is 3.56. The molecular weight excluding hydrogens is 256 g/mol. The van der Waals surface area contributed by atoms with E-state index in [1.54, 1.807) is 0 Å². The lowest BCUT2D eigenvalue weighted by molar-refractivity contribution is -0.206. The summed E-state index contributed by atoms with van der Waals surface area (Å²) in [7, 11) is 4.25. The maximum atomic E-state index is 10.5. The highest BCUT2D eigenvalue weighted by Gasteiger charge is 2.48. The number of likely N-dealkylation sites (N-methyl/N-ethyl adjacent to an activating group) is 1. The zero-order valence-corrected chi connectivity index (χ0v) is 12.8. The van der Waals surface area contributed by atoms with Gasteiger partial charge in [0.25, 0.3) is 0 Å². The van der Waals surface area contributed by atoms with Crippen molar-refractivity contribution < 1.29 is 14.6 Å². The lowest BCUT2D eigenvalue weighted by Gasteiger charge is -2.45. The van der Waals surface area contributed by atoms with Crippen LogP contribution in [0.5, 0.6) is 0 Å². The van der Waals surface area contributed by atoms with Crippen LogP contribution >= 0.6 is 0 Å². The topological polar surface area (TPSA) is 45.2 Å². The van der Waals surface area contributed by atoms with Gasteiger partial charge in [-0.15, -0.1) is 0 Å². The van der Waals surface area contributed by atoms with Gasteiger partial charge in [0.2, 0.25) is 0 Å². The first-order valence-electron chi connectivity index (χ1n) is 7.96. The van der Waals surface area contributed by atoms with Crippen molar-refractivity contribution in [3.63, 3.8) is 0 Å². The molecular formula is C15H28N2O3. The van der Waals surface area contributed by atoms with E-state index in [1.165, 1.54) is 12.8 Å². The summed E-state index contributed by atoms with van der Waals surface area (Å²) in [5, 5.41) is 10.5. The minimum Gasteiger partial charge on any atom is -0.391 e. The number of ether oxygens (including phenoxy) is 2. The van der Waals surface area contributed by atoms with Gasteiger partial charge >= 0.3 is 0 Å². The molecule has 0 radical (unpaired) electrons. The van der Waals surface area contributed by atoms with E-state index in [0.717, 1.165) is 32.4 Å². The molecule has 116 valence electrons. The third-order valence-electron chi connectivity index (χ3n) is 5.02. The van der Waals surface area contributed by atoms with E-state index in [0.29, 0.717) is 19.3 Å². The highest BCUT2D eigenvalue weighted by atomic mass is 16.7. The van der Waals surface area contributed by atoms with Gasteiger partial charge in [-0.1, -0.05) is 0 Å². The second-order valence-corrected chi connectivity index (χ2v) is 6.78. The maximum Gasteiger partial charge on any atom is 0.170 e. The van der Waals surface area contributed by atoms with Crippen LogP contribution in [0.3, 0.4) is 0 Å². The molecule has 1 saturated carbocycles. The van der Waals surface area contributed by atoms with Gasteiger partial charge in [0, 0.05) is 31.5 Å². The molecule has 2 aliphatic heterocycles. The van der Waals surface area contributed by atoms with Gasteiger partial charge < -0.3 is 19.5 Å². The Balaban J connectivity index is 1.70. The van der Waals surface area contributed by atoms with Crippen LogP contribution in [0.15, 0.2) is 0 Å². The van der Waals surface area contributed by atoms with Crippen molar-refractivity contribution in [2.45, 2.75) is 56.1 Å². The summed E-state index contributed by atoms with van der Waals surface area (Å²) in [5.41, 5.74) is 0. The minimum atomic E-state index is -0.408. The lowest BCUT2D eigenvalue weighted by atomic mass is 9.86. The summed E-state index contributed by atoms with van der Waals surface area (Å²) in [6, 6.07) is 0.746. The van der Waals surface area contributed by atoms with Gasteiger partial charge in [-0.25, -0.2) is 0 Å². The Morgan fingerprint density at radius 3 is 2.70 bits per heavy atom. The molecule has 3 aliphatic rings. The Morgan fingerprint density at radius 1 is 1.25 bits per heavy atom. The monoisotopic (exact) mass is 284 g/mol. The molecule has 2 saturated heterocycles. The summed E-state index contributed by atoms with van der Waals surface area (Å²) in [6.07, 6.45) is 4.66. The molecule has 1 N–H and O–H groups in total. The van der Waals surface area contributed by atoms with E-state index in [9.17, 15) is 5.11 Å². The summed E-state index contributed by atoms with van der Waals surface area (Å²) in [5.74, 6) is -0.408. The molecule has 0 aromatic carbocycles. The quantitative estimate of drug-likeness (QED) is 0.825. The van der Waals surface area contributed by atoms with Crippen molar-refractivity contribution in [2.75, 3.05) is 40.4 Å². The molecule has 0 bridgehead atoms. The van der Waals surface area contributed by atoms with Crippen molar-refractivity contribution in [1.82, 2.24) is 9.80 Å². The predicted molar refractivity (Wildman–Crippen MR) is 76.6 cm³/mol. The Kier molecular flexibility index (Phi) is 4.34. The van der Waals surface area contributed by atoms with Crippen molar-refractivity contribution in [3.05, 3.63) is 0 Å². The summed E-state index contributed by atoms with van der Waals surface area (Å²) in [4.78, 5) is 4.76. The zero-order valence-electron chi connectivity index (χ0n) is 12.8. The van der Waals surface area contributed by atoms with Crippen LogP contribution in [0.2, 0.25) is 0 Å². The molecule has 1 spiro atoms. The molecule has 0 aromatic heterocycles. The molecule has 0 amide bonds. The van der Waals surface area contributed by atoms with E-state index in [-0.39, 0.29) is 12.1 Å². The van der Waals surface area contributed by atoms with Crippen LogP contribution in [-0.4, -0.2) is 79.3 Å². The molecule has 5 nitrogen and oxygen atoms in total. The Bertz CT molecular complexity index is 331. The molecule has 3 fully saturated rings. The predicted octanol–water partition coefficient (Wildman–Crippen LogP) is 0.669. The second-order valence-electron chi connectivity index (χ2n) is 6.78. The van der Waals surface area contributed by atoms with Gasteiger partial charge in [0.1, 0.15) is 0 Å². The molecule has 0 aromatic rings. The molecule has 3 unspecified atom stereocenters. The largest absolute Gasteiger partial charge is 0.391 e. The molecule has 20 heavy (non-hydrogen) atoms. The number of aliphatic hydroxyl groups is 1. The van der Waals surface area contributed by atoms with Crippen molar-refractivity contribution in [2.24, 2.45) is 0 Å². The first-order valence-corrected chi connectivity index (χ1v) is 7.96. The van der Waals surface area contributed by atoms with Gasteiger partial charge in [-0.05, 0) is 39.9 Å². The minimum absolute atomic E-state index is 0.189. The Hall–Kier alpha value is -0.200. The average Bonchev–Trinajstić information content (AvgIpc) is 3.02. The van der Waals surface area contributed by atoms with Crippen LogP contribution in [0, 0.1) is 0 Å². The summed E-state index contributed by atoms with van der Waals surface area (Å²) >= 11 is 0. The third-order valence-corrected chi connectivity index (χ3v) is 5.02. The Morgan fingerprint density at radius 2 is 2.00 bits per heavy atom. The number of hydrogen-bond donors (Lipinski definition) is 1. The fraction of sp³-hybridized carbons (Fsp3) is 1.00. The van der Waals surface area contributed by atoms with Crippen molar-refractivity contribution in [3.8, 4) is 0 Å². The number of hydrogen-bond acceptors (Lipinski definition) is 5. The van der Waals surface area contributed by atoms with Crippen LogP contribution in [-0.2, 0) is 9.47 Å². The SMILES string of the molecule is CN(C)CC1CCCN1C1CC2(CCC1O)OCCO2. The van der Waals surface area contributed by atoms with Crippen molar-refractivity contribution >= 4 is 0 Å². The Labute approximate surface area is 121 Å². The smallest absolute Gasteiger partial charge is 0.170 e. The standard InChI is InChI=1S/C15H28N2O3/c1-16(2)11-12-4-3-7-17(12)13-10-15(6-5-14(13)18)19-8-9-20-15/h12-14,18H,3-11H2,1-2H3. The average molecular weight is 284 g/mol. The van der Waals surface area contributed by atoms with Gasteiger partial charge in [0.05, 0.1) is 19.3 Å². The lowest BCUT2D eigenvalue weighted by Crippen LogP contribution is -2.55. The van der Waals surface area contributed by atoms with E-state index in [4.69, 9.17) is 9.47 Å². The number of rotatable bonds is 3. The van der Waals surface area contributed by atoms with Gasteiger partial charge in [-0.2, -0.15) is 0 Å². The van der Waals surface area contributed by atoms with Crippen LogP contribution in [0.4, 0.5) is 0 Å². The number of nitrogens with zero attached hydrogens (tertiary/aromatic N) is 2. The van der Waals surface area contributed by atoms with Crippen LogP contribution < -0.4 is 0 Å². The fourth-order valence-electron chi connectivity index (χ4n) is 4.13. The fourth-order valence-corrected chi connectivity index (χ4v) is 4.13. The first kappa shape index (κ1) is 14.7.